The molecule has 0 aromatic carbocycles. The first-order valence-electron chi connectivity index (χ1n) is 10.4. The molecule has 1 aliphatic carbocycles. The molecule has 7 heteroatoms. The predicted molar refractivity (Wildman–Crippen MR) is 119 cm³/mol. The molecular formula is C21H31N3O2S2. The number of amides is 1. The van der Waals surface area contributed by atoms with Crippen molar-refractivity contribution in [2.75, 3.05) is 6.54 Å². The Morgan fingerprint density at radius 1 is 1.29 bits per heavy atom. The van der Waals surface area contributed by atoms with Gasteiger partial charge in [-0.25, -0.2) is 4.98 Å². The molecule has 154 valence electrons. The minimum Gasteiger partial charge on any atom is -0.355 e. The maximum Gasteiger partial charge on any atom is 0.263 e. The zero-order chi connectivity index (χ0) is 20.3. The van der Waals surface area contributed by atoms with Crippen molar-refractivity contribution in [1.82, 2.24) is 14.9 Å². The molecule has 0 saturated heterocycles. The van der Waals surface area contributed by atoms with Crippen LogP contribution in [0.5, 0.6) is 0 Å². The van der Waals surface area contributed by atoms with Crippen molar-refractivity contribution in [3.05, 3.63) is 20.8 Å². The zero-order valence-electron chi connectivity index (χ0n) is 17.3. The topological polar surface area (TPSA) is 64.0 Å². The molecule has 2 aromatic rings. The zero-order valence-corrected chi connectivity index (χ0v) is 19.0. The standard InChI is InChI=1S/C21H31N3O2S2/c1-5-11-22-18(25)14(4)27-21-23-19-17(15-8-6-7-9-16(15)28-19)20(26)24(21)12-10-13(2)3/h13-14H,5-12H2,1-4H3,(H,22,25)/t14-/m0/s1. The number of hydrogen-bond acceptors (Lipinski definition) is 5. The summed E-state index contributed by atoms with van der Waals surface area (Å²) < 4.78 is 1.82. The molecule has 0 fully saturated rings. The quantitative estimate of drug-likeness (QED) is 0.507. The van der Waals surface area contributed by atoms with Gasteiger partial charge in [-0.3, -0.25) is 14.2 Å². The summed E-state index contributed by atoms with van der Waals surface area (Å²) in [5.74, 6) is 0.504. The fraction of sp³-hybridized carbons (Fsp3) is 0.667. The van der Waals surface area contributed by atoms with E-state index in [0.29, 0.717) is 24.2 Å². The SMILES string of the molecule is CCCNC(=O)[C@H](C)Sc1nc2sc3c(c2c(=O)n1CCC(C)C)CCCC3. The summed E-state index contributed by atoms with van der Waals surface area (Å²) in [4.78, 5) is 32.8. The van der Waals surface area contributed by atoms with Gasteiger partial charge in [-0.1, -0.05) is 32.5 Å². The van der Waals surface area contributed by atoms with Crippen LogP contribution in [0.15, 0.2) is 9.95 Å². The Labute approximate surface area is 175 Å². The summed E-state index contributed by atoms with van der Waals surface area (Å²) in [6.45, 7) is 9.58. The van der Waals surface area contributed by atoms with Crippen molar-refractivity contribution in [3.63, 3.8) is 0 Å². The number of carbonyl (C=O) groups excluding carboxylic acids is 1. The van der Waals surface area contributed by atoms with Crippen LogP contribution in [-0.2, 0) is 24.2 Å². The van der Waals surface area contributed by atoms with Gasteiger partial charge in [-0.2, -0.15) is 0 Å². The fourth-order valence-corrected chi connectivity index (χ4v) is 5.76. The summed E-state index contributed by atoms with van der Waals surface area (Å²) in [7, 11) is 0. The van der Waals surface area contributed by atoms with E-state index in [1.165, 1.54) is 28.6 Å². The Kier molecular flexibility index (Phi) is 7.20. The average Bonchev–Trinajstić information content (AvgIpc) is 3.03. The van der Waals surface area contributed by atoms with E-state index in [4.69, 9.17) is 4.98 Å². The Morgan fingerprint density at radius 2 is 2.04 bits per heavy atom. The monoisotopic (exact) mass is 421 g/mol. The summed E-state index contributed by atoms with van der Waals surface area (Å²) in [6, 6.07) is 0. The van der Waals surface area contributed by atoms with Crippen LogP contribution in [0.4, 0.5) is 0 Å². The number of thioether (sulfide) groups is 1. The highest BCUT2D eigenvalue weighted by Crippen LogP contribution is 2.35. The van der Waals surface area contributed by atoms with E-state index in [1.807, 2.05) is 18.4 Å². The van der Waals surface area contributed by atoms with E-state index < -0.39 is 0 Å². The molecule has 1 N–H and O–H groups in total. The summed E-state index contributed by atoms with van der Waals surface area (Å²) >= 11 is 3.07. The van der Waals surface area contributed by atoms with Crippen molar-refractivity contribution in [1.29, 1.82) is 0 Å². The minimum absolute atomic E-state index is 0.00193. The highest BCUT2D eigenvalue weighted by molar-refractivity contribution is 8.00. The van der Waals surface area contributed by atoms with Crippen LogP contribution in [0, 0.1) is 5.92 Å². The van der Waals surface area contributed by atoms with Crippen molar-refractivity contribution >= 4 is 39.2 Å². The van der Waals surface area contributed by atoms with E-state index >= 15 is 0 Å². The molecule has 0 unspecified atom stereocenters. The van der Waals surface area contributed by atoms with E-state index in [2.05, 4.69) is 19.2 Å². The van der Waals surface area contributed by atoms with E-state index in [9.17, 15) is 9.59 Å². The lowest BCUT2D eigenvalue weighted by atomic mass is 9.97. The second kappa shape index (κ2) is 9.44. The van der Waals surface area contributed by atoms with Gasteiger partial charge in [0.2, 0.25) is 5.91 Å². The molecule has 0 spiro atoms. The molecule has 5 nitrogen and oxygen atoms in total. The largest absolute Gasteiger partial charge is 0.355 e. The van der Waals surface area contributed by atoms with Gasteiger partial charge in [-0.15, -0.1) is 11.3 Å². The normalized spacial score (nSPS) is 15.0. The highest BCUT2D eigenvalue weighted by Gasteiger charge is 2.24. The van der Waals surface area contributed by atoms with Crippen LogP contribution < -0.4 is 10.9 Å². The van der Waals surface area contributed by atoms with Crippen LogP contribution in [0.1, 0.15) is 63.8 Å². The number of aromatic nitrogens is 2. The number of aryl methyl sites for hydroxylation is 2. The predicted octanol–water partition coefficient (Wildman–Crippen LogP) is 4.39. The van der Waals surface area contributed by atoms with Crippen molar-refractivity contribution in [2.24, 2.45) is 5.92 Å². The van der Waals surface area contributed by atoms with Gasteiger partial charge in [0.1, 0.15) is 4.83 Å². The maximum absolute atomic E-state index is 13.4. The van der Waals surface area contributed by atoms with Crippen LogP contribution in [-0.4, -0.2) is 27.3 Å². The third kappa shape index (κ3) is 4.62. The molecule has 1 amide bonds. The second-order valence-electron chi connectivity index (χ2n) is 7.98. The number of fused-ring (bicyclic) bond motifs is 3. The van der Waals surface area contributed by atoms with Gasteiger partial charge in [-0.05, 0) is 56.9 Å². The molecule has 0 radical (unpaired) electrons. The van der Waals surface area contributed by atoms with E-state index in [-0.39, 0.29) is 16.7 Å². The molecular weight excluding hydrogens is 390 g/mol. The second-order valence-corrected chi connectivity index (χ2v) is 10.4. The van der Waals surface area contributed by atoms with Crippen LogP contribution in [0.3, 0.4) is 0 Å². The molecule has 28 heavy (non-hydrogen) atoms. The molecule has 2 heterocycles. The van der Waals surface area contributed by atoms with Gasteiger partial charge in [0, 0.05) is 18.0 Å². The van der Waals surface area contributed by atoms with E-state index in [1.54, 1.807) is 11.3 Å². The molecule has 0 aliphatic heterocycles. The van der Waals surface area contributed by atoms with Crippen molar-refractivity contribution in [3.8, 4) is 0 Å². The molecule has 1 atom stereocenters. The Morgan fingerprint density at radius 3 is 2.75 bits per heavy atom. The maximum atomic E-state index is 13.4. The number of thiophene rings is 1. The fourth-order valence-electron chi connectivity index (χ4n) is 3.50. The first-order chi connectivity index (χ1) is 13.4. The van der Waals surface area contributed by atoms with Gasteiger partial charge in [0.05, 0.1) is 10.6 Å². The van der Waals surface area contributed by atoms with Crippen molar-refractivity contribution < 1.29 is 4.79 Å². The van der Waals surface area contributed by atoms with Crippen molar-refractivity contribution in [2.45, 2.75) is 83.2 Å². The molecule has 0 saturated carbocycles. The highest BCUT2D eigenvalue weighted by atomic mass is 32.2. The van der Waals surface area contributed by atoms with Gasteiger partial charge >= 0.3 is 0 Å². The average molecular weight is 422 g/mol. The Bertz CT molecular complexity index is 901. The van der Waals surface area contributed by atoms with Crippen LogP contribution >= 0.6 is 23.1 Å². The summed E-state index contributed by atoms with van der Waals surface area (Å²) in [5.41, 5.74) is 1.31. The van der Waals surface area contributed by atoms with Gasteiger partial charge < -0.3 is 5.32 Å². The number of nitrogens with zero attached hydrogens (tertiary/aromatic N) is 2. The third-order valence-corrected chi connectivity index (χ3v) is 7.45. The van der Waals surface area contributed by atoms with Crippen LogP contribution in [0.25, 0.3) is 10.2 Å². The number of nitrogens with one attached hydrogen (secondary N) is 1. The summed E-state index contributed by atoms with van der Waals surface area (Å²) in [6.07, 6.45) is 6.21. The number of carbonyl (C=O) groups is 1. The lowest BCUT2D eigenvalue weighted by Gasteiger charge is -2.17. The smallest absolute Gasteiger partial charge is 0.263 e. The lowest BCUT2D eigenvalue weighted by Crippen LogP contribution is -2.32. The lowest BCUT2D eigenvalue weighted by molar-refractivity contribution is -0.120. The van der Waals surface area contributed by atoms with Gasteiger partial charge in [0.15, 0.2) is 5.16 Å². The molecule has 0 bridgehead atoms. The number of rotatable bonds is 8. The minimum atomic E-state index is -0.282. The van der Waals surface area contributed by atoms with Gasteiger partial charge in [0.25, 0.3) is 5.56 Å². The van der Waals surface area contributed by atoms with Crippen LogP contribution in [0.2, 0.25) is 0 Å². The Hall–Kier alpha value is -1.34. The third-order valence-electron chi connectivity index (χ3n) is 5.17. The number of hydrogen-bond donors (Lipinski definition) is 1. The molecule has 2 aromatic heterocycles. The Balaban J connectivity index is 2.00. The molecule has 3 rings (SSSR count). The molecule has 1 aliphatic rings. The van der Waals surface area contributed by atoms with E-state index in [0.717, 1.165) is 42.3 Å². The first-order valence-corrected chi connectivity index (χ1v) is 12.1. The first kappa shape index (κ1) is 21.4. The summed E-state index contributed by atoms with van der Waals surface area (Å²) in [5, 5.41) is 4.17.